The van der Waals surface area contributed by atoms with Gasteiger partial charge in [0.1, 0.15) is 24.2 Å². The van der Waals surface area contributed by atoms with Crippen molar-refractivity contribution in [3.8, 4) is 17.1 Å². The van der Waals surface area contributed by atoms with Gasteiger partial charge in [-0.05, 0) is 64.9 Å². The van der Waals surface area contributed by atoms with Crippen LogP contribution < -0.4 is 15.0 Å². The molecule has 0 spiro atoms. The lowest BCUT2D eigenvalue weighted by Crippen LogP contribution is -2.45. The van der Waals surface area contributed by atoms with Crippen molar-refractivity contribution in [2.45, 2.75) is 19.1 Å². The predicted octanol–water partition coefficient (Wildman–Crippen LogP) is 4.52. The third-order valence-corrected chi connectivity index (χ3v) is 7.12. The van der Waals surface area contributed by atoms with Crippen LogP contribution in [0.5, 0.6) is 5.75 Å². The molecule has 45 heavy (non-hydrogen) atoms. The van der Waals surface area contributed by atoms with Crippen LogP contribution in [0.3, 0.4) is 0 Å². The standard InChI is InChI=1S/C33H27FN8O3/c1-45-26-12-10-22(11-13-26)19-37-33(44)31(23-14-16-35-17-15-23)42(25-18-24-6-2-5-9-29(24)36-20-25)30(43)21-41-39-32(38-40-41)27-7-3-4-8-28(27)34/h2-18,20,31H,19,21H2,1H3,(H,37,44)/t31-/m0/s1. The van der Waals surface area contributed by atoms with Crippen LogP contribution in [0, 0.1) is 5.82 Å². The van der Waals surface area contributed by atoms with Gasteiger partial charge in [0.25, 0.3) is 5.91 Å². The molecule has 3 heterocycles. The van der Waals surface area contributed by atoms with E-state index in [2.05, 4.69) is 30.7 Å². The number of aromatic nitrogens is 6. The van der Waals surface area contributed by atoms with Crippen LogP contribution in [-0.2, 0) is 22.7 Å². The zero-order chi connectivity index (χ0) is 31.2. The number of pyridine rings is 2. The summed E-state index contributed by atoms with van der Waals surface area (Å²) in [5, 5.41) is 15.9. The average molecular weight is 603 g/mol. The highest BCUT2D eigenvalue weighted by Gasteiger charge is 2.34. The fourth-order valence-corrected chi connectivity index (χ4v) is 4.88. The summed E-state index contributed by atoms with van der Waals surface area (Å²) in [5.74, 6) is -0.746. The van der Waals surface area contributed by atoms with E-state index in [1.165, 1.54) is 17.0 Å². The van der Waals surface area contributed by atoms with E-state index in [-0.39, 0.29) is 24.5 Å². The topological polar surface area (TPSA) is 128 Å². The lowest BCUT2D eigenvalue weighted by Gasteiger charge is -2.31. The molecule has 0 bridgehead atoms. The van der Waals surface area contributed by atoms with Crippen LogP contribution in [0.4, 0.5) is 10.1 Å². The number of carbonyl (C=O) groups is 2. The molecule has 3 aromatic carbocycles. The number of hydrogen-bond acceptors (Lipinski definition) is 8. The van der Waals surface area contributed by atoms with Crippen LogP contribution >= 0.6 is 0 Å². The van der Waals surface area contributed by atoms with Crippen molar-refractivity contribution in [3.05, 3.63) is 127 Å². The van der Waals surface area contributed by atoms with Crippen molar-refractivity contribution in [2.75, 3.05) is 12.0 Å². The van der Waals surface area contributed by atoms with Gasteiger partial charge < -0.3 is 10.1 Å². The Morgan fingerprint density at radius 3 is 2.51 bits per heavy atom. The Morgan fingerprint density at radius 2 is 1.73 bits per heavy atom. The number of rotatable bonds is 10. The number of amides is 2. The monoisotopic (exact) mass is 602 g/mol. The molecule has 12 heteroatoms. The summed E-state index contributed by atoms with van der Waals surface area (Å²) in [6, 6.07) is 24.8. The maximum Gasteiger partial charge on any atom is 0.251 e. The first kappa shape index (κ1) is 29.1. The predicted molar refractivity (Wildman–Crippen MR) is 164 cm³/mol. The number of benzene rings is 3. The molecule has 2 amide bonds. The van der Waals surface area contributed by atoms with Crippen LogP contribution in [0.1, 0.15) is 17.2 Å². The first-order valence-corrected chi connectivity index (χ1v) is 14.0. The molecule has 1 N–H and O–H groups in total. The number of methoxy groups -OCH3 is 1. The Balaban J connectivity index is 1.37. The van der Waals surface area contributed by atoms with Crippen molar-refractivity contribution >= 4 is 28.4 Å². The molecular weight excluding hydrogens is 575 g/mol. The third-order valence-electron chi connectivity index (χ3n) is 7.12. The zero-order valence-electron chi connectivity index (χ0n) is 24.1. The van der Waals surface area contributed by atoms with Gasteiger partial charge in [-0.15, -0.1) is 10.2 Å². The van der Waals surface area contributed by atoms with E-state index in [1.807, 2.05) is 36.4 Å². The minimum Gasteiger partial charge on any atom is -0.497 e. The van der Waals surface area contributed by atoms with Crippen molar-refractivity contribution in [3.63, 3.8) is 0 Å². The second-order valence-corrected chi connectivity index (χ2v) is 10.0. The lowest BCUT2D eigenvalue weighted by atomic mass is 10.0. The molecule has 3 aromatic heterocycles. The van der Waals surface area contributed by atoms with Gasteiger partial charge in [0, 0.05) is 24.3 Å². The Bertz CT molecular complexity index is 1950. The Hall–Kier alpha value is -6.04. The number of nitrogens with one attached hydrogen (secondary N) is 1. The quantitative estimate of drug-likeness (QED) is 0.242. The third kappa shape index (κ3) is 6.49. The van der Waals surface area contributed by atoms with Gasteiger partial charge in [-0.2, -0.15) is 4.80 Å². The fraction of sp³-hybridized carbons (Fsp3) is 0.121. The molecule has 0 aliphatic heterocycles. The Labute approximate surface area is 257 Å². The van der Waals surface area contributed by atoms with Crippen molar-refractivity contribution in [1.29, 1.82) is 0 Å². The molecule has 0 saturated carbocycles. The molecule has 6 rings (SSSR count). The summed E-state index contributed by atoms with van der Waals surface area (Å²) in [6.45, 7) is -0.180. The number of tetrazole rings is 1. The summed E-state index contributed by atoms with van der Waals surface area (Å²) in [5.41, 5.74) is 2.63. The maximum absolute atomic E-state index is 14.4. The highest BCUT2D eigenvalue weighted by Crippen LogP contribution is 2.30. The number of fused-ring (bicyclic) bond motifs is 1. The summed E-state index contributed by atoms with van der Waals surface area (Å²) in [4.78, 5) is 39.3. The average Bonchev–Trinajstić information content (AvgIpc) is 3.54. The molecule has 0 aliphatic carbocycles. The molecule has 6 aromatic rings. The van der Waals surface area contributed by atoms with E-state index in [0.29, 0.717) is 17.0 Å². The largest absolute Gasteiger partial charge is 0.497 e. The fourth-order valence-electron chi connectivity index (χ4n) is 4.88. The van der Waals surface area contributed by atoms with Gasteiger partial charge in [0.05, 0.1) is 30.1 Å². The normalized spacial score (nSPS) is 11.6. The van der Waals surface area contributed by atoms with Crippen molar-refractivity contribution in [2.24, 2.45) is 0 Å². The van der Waals surface area contributed by atoms with E-state index in [1.54, 1.807) is 68.2 Å². The Morgan fingerprint density at radius 1 is 0.978 bits per heavy atom. The minimum absolute atomic E-state index is 0.0303. The van der Waals surface area contributed by atoms with Crippen LogP contribution in [0.2, 0.25) is 0 Å². The number of para-hydroxylation sites is 1. The SMILES string of the molecule is COc1ccc(CNC(=O)[C@H](c2ccncc2)N(C(=O)Cn2nnc(-c3ccccc3F)n2)c2cnc3ccccc3c2)cc1. The molecule has 0 saturated heterocycles. The number of anilines is 1. The second-order valence-electron chi connectivity index (χ2n) is 10.0. The van der Waals surface area contributed by atoms with Crippen molar-refractivity contribution < 1.29 is 18.7 Å². The summed E-state index contributed by atoms with van der Waals surface area (Å²) >= 11 is 0. The summed E-state index contributed by atoms with van der Waals surface area (Å²) in [6.07, 6.45) is 4.66. The molecule has 0 fully saturated rings. The van der Waals surface area contributed by atoms with Crippen LogP contribution in [-0.4, -0.2) is 49.1 Å². The number of hydrogen-bond donors (Lipinski definition) is 1. The van der Waals surface area contributed by atoms with Gasteiger partial charge >= 0.3 is 0 Å². The molecule has 1 atom stereocenters. The van der Waals surface area contributed by atoms with Gasteiger partial charge in [0.2, 0.25) is 11.7 Å². The molecule has 11 nitrogen and oxygen atoms in total. The maximum atomic E-state index is 14.4. The summed E-state index contributed by atoms with van der Waals surface area (Å²) in [7, 11) is 1.58. The van der Waals surface area contributed by atoms with E-state index in [4.69, 9.17) is 4.74 Å². The first-order chi connectivity index (χ1) is 22.0. The van der Waals surface area contributed by atoms with E-state index in [0.717, 1.165) is 21.3 Å². The van der Waals surface area contributed by atoms with E-state index in [9.17, 15) is 14.0 Å². The van der Waals surface area contributed by atoms with Gasteiger partial charge in [-0.1, -0.05) is 42.5 Å². The van der Waals surface area contributed by atoms with Gasteiger partial charge in [-0.25, -0.2) is 4.39 Å². The minimum atomic E-state index is -1.11. The van der Waals surface area contributed by atoms with Gasteiger partial charge in [-0.3, -0.25) is 24.5 Å². The van der Waals surface area contributed by atoms with Crippen LogP contribution in [0.15, 0.2) is 110 Å². The molecular formula is C33H27FN8O3. The highest BCUT2D eigenvalue weighted by atomic mass is 19.1. The molecule has 0 radical (unpaired) electrons. The number of halogens is 1. The highest BCUT2D eigenvalue weighted by molar-refractivity contribution is 6.02. The van der Waals surface area contributed by atoms with E-state index >= 15 is 0 Å². The van der Waals surface area contributed by atoms with Crippen LogP contribution in [0.25, 0.3) is 22.3 Å². The van der Waals surface area contributed by atoms with E-state index < -0.39 is 23.7 Å². The van der Waals surface area contributed by atoms with Crippen molar-refractivity contribution in [1.82, 2.24) is 35.5 Å². The summed E-state index contributed by atoms with van der Waals surface area (Å²) < 4.78 is 19.6. The molecule has 224 valence electrons. The van der Waals surface area contributed by atoms with Gasteiger partial charge in [0.15, 0.2) is 0 Å². The lowest BCUT2D eigenvalue weighted by molar-refractivity contribution is -0.127. The zero-order valence-corrected chi connectivity index (χ0v) is 24.1. The number of nitrogens with zero attached hydrogens (tertiary/aromatic N) is 7. The second kappa shape index (κ2) is 13.1. The number of carbonyl (C=O) groups excluding carboxylic acids is 2. The first-order valence-electron chi connectivity index (χ1n) is 14.0. The smallest absolute Gasteiger partial charge is 0.251 e. The number of ether oxygens (including phenoxy) is 1. The molecule has 0 unspecified atom stereocenters. The molecule has 0 aliphatic rings. The Kier molecular flexibility index (Phi) is 8.45.